The second-order valence-corrected chi connectivity index (χ2v) is 3.25. The Morgan fingerprint density at radius 3 is 2.47 bits per heavy atom. The number of nitrogens with zero attached hydrogens (tertiary/aromatic N) is 1. The van der Waals surface area contributed by atoms with Crippen LogP contribution in [0.1, 0.15) is 6.42 Å². The lowest BCUT2D eigenvalue weighted by Crippen LogP contribution is -2.36. The van der Waals surface area contributed by atoms with Crippen LogP contribution in [0, 0.1) is 0 Å². The van der Waals surface area contributed by atoms with Crippen LogP contribution in [-0.4, -0.2) is 55.4 Å². The first-order valence-electron chi connectivity index (χ1n) is 4.49. The van der Waals surface area contributed by atoms with Gasteiger partial charge in [-0.3, -0.25) is 9.69 Å². The predicted octanol–water partition coefficient (Wildman–Crippen LogP) is 0.545. The van der Waals surface area contributed by atoms with Crippen LogP contribution in [-0.2, 0) is 4.79 Å². The van der Waals surface area contributed by atoms with E-state index in [1.54, 1.807) is 0 Å². The molecule has 0 aromatic carbocycles. The number of aliphatic carboxylic acids is 1. The lowest BCUT2D eigenvalue weighted by Gasteiger charge is -2.18. The van der Waals surface area contributed by atoms with Crippen molar-refractivity contribution in [1.29, 1.82) is 0 Å². The normalized spacial score (nSPS) is 12.1. The topological polar surface area (TPSA) is 52.6 Å². The van der Waals surface area contributed by atoms with Crippen molar-refractivity contribution >= 4 is 5.97 Å². The van der Waals surface area contributed by atoms with Crippen LogP contribution in [0.5, 0.6) is 0 Å². The quantitative estimate of drug-likeness (QED) is 0.625. The Bertz CT molecular complexity index is 197. The average molecular weight is 228 g/mol. The summed E-state index contributed by atoms with van der Waals surface area (Å²) >= 11 is 0. The number of hydrogen-bond acceptors (Lipinski definition) is 3. The Morgan fingerprint density at radius 2 is 2.00 bits per heavy atom. The van der Waals surface area contributed by atoms with Gasteiger partial charge in [0.1, 0.15) is 0 Å². The molecule has 0 rings (SSSR count). The van der Waals surface area contributed by atoms with E-state index in [-0.39, 0.29) is 19.5 Å². The predicted molar refractivity (Wildman–Crippen MR) is 48.7 cm³/mol. The third kappa shape index (κ3) is 11.1. The van der Waals surface area contributed by atoms with Crippen LogP contribution in [0.3, 0.4) is 0 Å². The Labute approximate surface area is 86.1 Å². The number of carboxylic acids is 1. The molecule has 0 amide bonds. The molecule has 0 aromatic heterocycles. The first-order chi connectivity index (χ1) is 6.81. The van der Waals surface area contributed by atoms with E-state index in [1.807, 2.05) is 0 Å². The van der Waals surface area contributed by atoms with E-state index >= 15 is 0 Å². The number of alkyl halides is 3. The molecule has 0 fully saturated rings. The molecule has 0 saturated heterocycles. The van der Waals surface area contributed by atoms with Gasteiger partial charge in [0.25, 0.3) is 0 Å². The van der Waals surface area contributed by atoms with Gasteiger partial charge in [0.15, 0.2) is 0 Å². The molecule has 0 bridgehead atoms. The standard InChI is InChI=1S/C8H15F3N2O2/c1-13(6-8(9,10)11)5-4-12-3-2-7(14)15/h12H,2-6H2,1H3,(H,14,15). The zero-order chi connectivity index (χ0) is 11.9. The number of carbonyl (C=O) groups is 1. The van der Waals surface area contributed by atoms with E-state index in [1.165, 1.54) is 7.05 Å². The Balaban J connectivity index is 3.39. The molecule has 0 atom stereocenters. The zero-order valence-corrected chi connectivity index (χ0v) is 8.47. The number of carboxylic acid groups (broad SMARTS) is 1. The summed E-state index contributed by atoms with van der Waals surface area (Å²) in [7, 11) is 1.37. The van der Waals surface area contributed by atoms with Crippen LogP contribution in [0.25, 0.3) is 0 Å². The van der Waals surface area contributed by atoms with E-state index in [0.717, 1.165) is 4.90 Å². The van der Waals surface area contributed by atoms with Gasteiger partial charge in [-0.15, -0.1) is 0 Å². The summed E-state index contributed by atoms with van der Waals surface area (Å²) in [4.78, 5) is 11.2. The lowest BCUT2D eigenvalue weighted by atomic mass is 10.4. The van der Waals surface area contributed by atoms with Crippen molar-refractivity contribution in [1.82, 2.24) is 10.2 Å². The molecular weight excluding hydrogens is 213 g/mol. The summed E-state index contributed by atoms with van der Waals surface area (Å²) in [6.45, 7) is -0.0954. The molecule has 0 saturated carbocycles. The molecule has 2 N–H and O–H groups in total. The highest BCUT2D eigenvalue weighted by molar-refractivity contribution is 5.66. The second kappa shape index (κ2) is 6.62. The maximum atomic E-state index is 11.8. The summed E-state index contributed by atoms with van der Waals surface area (Å²) in [5, 5.41) is 11.0. The van der Waals surface area contributed by atoms with Gasteiger partial charge in [-0.1, -0.05) is 0 Å². The van der Waals surface area contributed by atoms with Crippen molar-refractivity contribution in [2.75, 3.05) is 33.2 Å². The Hall–Kier alpha value is -0.820. The van der Waals surface area contributed by atoms with E-state index in [4.69, 9.17) is 5.11 Å². The minimum atomic E-state index is -4.18. The van der Waals surface area contributed by atoms with E-state index in [2.05, 4.69) is 5.32 Å². The monoisotopic (exact) mass is 228 g/mol. The van der Waals surface area contributed by atoms with Crippen molar-refractivity contribution in [3.05, 3.63) is 0 Å². The third-order valence-electron chi connectivity index (χ3n) is 1.64. The van der Waals surface area contributed by atoms with Crippen LogP contribution < -0.4 is 5.32 Å². The molecule has 0 aliphatic carbocycles. The van der Waals surface area contributed by atoms with Crippen LogP contribution in [0.15, 0.2) is 0 Å². The summed E-state index contributed by atoms with van der Waals surface area (Å²) in [5.41, 5.74) is 0. The zero-order valence-electron chi connectivity index (χ0n) is 8.47. The van der Waals surface area contributed by atoms with Gasteiger partial charge in [-0.25, -0.2) is 0 Å². The fraction of sp³-hybridized carbons (Fsp3) is 0.875. The van der Waals surface area contributed by atoms with Gasteiger partial charge >= 0.3 is 12.1 Å². The molecular formula is C8H15F3N2O2. The van der Waals surface area contributed by atoms with Crippen molar-refractivity contribution in [2.24, 2.45) is 0 Å². The van der Waals surface area contributed by atoms with Crippen LogP contribution in [0.2, 0.25) is 0 Å². The van der Waals surface area contributed by atoms with Crippen LogP contribution >= 0.6 is 0 Å². The number of hydrogen-bond donors (Lipinski definition) is 2. The van der Waals surface area contributed by atoms with Gasteiger partial charge in [0.05, 0.1) is 13.0 Å². The van der Waals surface area contributed by atoms with Crippen molar-refractivity contribution < 1.29 is 23.1 Å². The number of halogens is 3. The molecule has 4 nitrogen and oxygen atoms in total. The fourth-order valence-electron chi connectivity index (χ4n) is 0.975. The van der Waals surface area contributed by atoms with Crippen molar-refractivity contribution in [2.45, 2.75) is 12.6 Å². The number of nitrogens with one attached hydrogen (secondary N) is 1. The number of rotatable bonds is 7. The lowest BCUT2D eigenvalue weighted by molar-refractivity contribution is -0.142. The fourth-order valence-corrected chi connectivity index (χ4v) is 0.975. The molecule has 7 heteroatoms. The second-order valence-electron chi connectivity index (χ2n) is 3.25. The summed E-state index contributed by atoms with van der Waals surface area (Å²) < 4.78 is 35.5. The Kier molecular flexibility index (Phi) is 6.26. The molecule has 90 valence electrons. The summed E-state index contributed by atoms with van der Waals surface area (Å²) in [6.07, 6.45) is -4.21. The number of likely N-dealkylation sites (N-methyl/N-ethyl adjacent to an activating group) is 1. The highest BCUT2D eigenvalue weighted by Crippen LogP contribution is 2.14. The summed E-state index contributed by atoms with van der Waals surface area (Å²) in [5.74, 6) is -0.925. The average Bonchev–Trinajstić information content (AvgIpc) is 1.99. The van der Waals surface area contributed by atoms with E-state index < -0.39 is 18.7 Å². The maximum absolute atomic E-state index is 11.8. The molecule has 0 aromatic rings. The SMILES string of the molecule is CN(CCNCCC(=O)O)CC(F)(F)F. The van der Waals surface area contributed by atoms with E-state index in [9.17, 15) is 18.0 Å². The third-order valence-corrected chi connectivity index (χ3v) is 1.64. The van der Waals surface area contributed by atoms with Crippen molar-refractivity contribution in [3.63, 3.8) is 0 Å². The first kappa shape index (κ1) is 14.2. The minimum absolute atomic E-state index is 0.0248. The minimum Gasteiger partial charge on any atom is -0.481 e. The molecule has 0 aliphatic heterocycles. The largest absolute Gasteiger partial charge is 0.481 e. The molecule has 0 spiro atoms. The van der Waals surface area contributed by atoms with Gasteiger partial charge in [0.2, 0.25) is 0 Å². The van der Waals surface area contributed by atoms with Gasteiger partial charge in [-0.2, -0.15) is 13.2 Å². The maximum Gasteiger partial charge on any atom is 0.401 e. The van der Waals surface area contributed by atoms with Crippen molar-refractivity contribution in [3.8, 4) is 0 Å². The summed E-state index contributed by atoms with van der Waals surface area (Å²) in [6, 6.07) is 0. The Morgan fingerprint density at radius 1 is 1.40 bits per heavy atom. The molecule has 0 unspecified atom stereocenters. The molecule has 0 heterocycles. The highest BCUT2D eigenvalue weighted by Gasteiger charge is 2.28. The van der Waals surface area contributed by atoms with Crippen LogP contribution in [0.4, 0.5) is 13.2 Å². The molecule has 15 heavy (non-hydrogen) atoms. The molecule has 0 radical (unpaired) electrons. The molecule has 0 aliphatic rings. The van der Waals surface area contributed by atoms with E-state index in [0.29, 0.717) is 6.54 Å². The first-order valence-corrected chi connectivity index (χ1v) is 4.49. The van der Waals surface area contributed by atoms with Gasteiger partial charge in [-0.05, 0) is 7.05 Å². The smallest absolute Gasteiger partial charge is 0.401 e. The highest BCUT2D eigenvalue weighted by atomic mass is 19.4. The van der Waals surface area contributed by atoms with Gasteiger partial charge < -0.3 is 10.4 Å². The van der Waals surface area contributed by atoms with Gasteiger partial charge in [0, 0.05) is 19.6 Å².